The van der Waals surface area contributed by atoms with Crippen LogP contribution in [0, 0.1) is 5.92 Å². The van der Waals surface area contributed by atoms with E-state index in [0.29, 0.717) is 24.2 Å². The number of likely N-dealkylation sites (tertiary alicyclic amines) is 1. The van der Waals surface area contributed by atoms with Crippen molar-refractivity contribution < 1.29 is 9.63 Å². The van der Waals surface area contributed by atoms with Crippen molar-refractivity contribution in [2.24, 2.45) is 5.92 Å². The SMILES string of the molecule is CN(Cc1nc(-c2cccnc2)no1)CC1CCN(CCO)CC1. The highest BCUT2D eigenvalue weighted by molar-refractivity contribution is 5.51. The van der Waals surface area contributed by atoms with E-state index >= 15 is 0 Å². The molecule has 0 unspecified atom stereocenters. The first-order valence-electron chi connectivity index (χ1n) is 8.49. The number of piperidine rings is 1. The van der Waals surface area contributed by atoms with E-state index in [1.165, 1.54) is 12.8 Å². The van der Waals surface area contributed by atoms with Crippen LogP contribution in [0.3, 0.4) is 0 Å². The Hall–Kier alpha value is -1.83. The molecule has 0 radical (unpaired) electrons. The van der Waals surface area contributed by atoms with Gasteiger partial charge in [0.15, 0.2) is 0 Å². The lowest BCUT2D eigenvalue weighted by Crippen LogP contribution is -2.38. The van der Waals surface area contributed by atoms with Gasteiger partial charge in [0.25, 0.3) is 0 Å². The zero-order valence-corrected chi connectivity index (χ0v) is 14.1. The van der Waals surface area contributed by atoms with Gasteiger partial charge in [-0.3, -0.25) is 9.88 Å². The van der Waals surface area contributed by atoms with Crippen LogP contribution in [0.5, 0.6) is 0 Å². The largest absolute Gasteiger partial charge is 0.395 e. The molecule has 0 saturated carbocycles. The van der Waals surface area contributed by atoms with Gasteiger partial charge >= 0.3 is 0 Å². The zero-order chi connectivity index (χ0) is 16.8. The van der Waals surface area contributed by atoms with E-state index < -0.39 is 0 Å². The van der Waals surface area contributed by atoms with Crippen LogP contribution in [0.4, 0.5) is 0 Å². The molecule has 7 nitrogen and oxygen atoms in total. The third-order valence-corrected chi connectivity index (χ3v) is 4.49. The monoisotopic (exact) mass is 331 g/mol. The predicted molar refractivity (Wildman–Crippen MR) is 90.1 cm³/mol. The van der Waals surface area contributed by atoms with E-state index in [9.17, 15) is 0 Å². The van der Waals surface area contributed by atoms with Crippen LogP contribution in [-0.2, 0) is 6.54 Å². The number of nitrogens with zero attached hydrogens (tertiary/aromatic N) is 5. The predicted octanol–water partition coefficient (Wildman–Crippen LogP) is 1.27. The Labute approximate surface area is 142 Å². The topological polar surface area (TPSA) is 78.5 Å². The quantitative estimate of drug-likeness (QED) is 0.818. The van der Waals surface area contributed by atoms with Crippen LogP contribution < -0.4 is 0 Å². The summed E-state index contributed by atoms with van der Waals surface area (Å²) in [5, 5.41) is 13.0. The number of aromatic nitrogens is 3. The number of aliphatic hydroxyl groups is 1. The fraction of sp³-hybridized carbons (Fsp3) is 0.588. The average molecular weight is 331 g/mol. The van der Waals surface area contributed by atoms with Crippen molar-refractivity contribution in [2.75, 3.05) is 39.8 Å². The third kappa shape index (κ3) is 4.59. The minimum absolute atomic E-state index is 0.251. The summed E-state index contributed by atoms with van der Waals surface area (Å²) in [5.41, 5.74) is 0.867. The third-order valence-electron chi connectivity index (χ3n) is 4.49. The molecule has 1 saturated heterocycles. The summed E-state index contributed by atoms with van der Waals surface area (Å²) in [7, 11) is 2.09. The number of hydrogen-bond acceptors (Lipinski definition) is 7. The smallest absolute Gasteiger partial charge is 0.241 e. The number of rotatable bonds is 7. The van der Waals surface area contributed by atoms with Gasteiger partial charge in [0.2, 0.25) is 11.7 Å². The summed E-state index contributed by atoms with van der Waals surface area (Å²) >= 11 is 0. The maximum absolute atomic E-state index is 9.00. The number of aliphatic hydroxyl groups excluding tert-OH is 1. The highest BCUT2D eigenvalue weighted by Crippen LogP contribution is 2.19. The number of β-amino-alcohol motifs (C(OH)–C–C–N with tert-alkyl or cyclic N) is 1. The Bertz CT molecular complexity index is 610. The summed E-state index contributed by atoms with van der Waals surface area (Å²) in [4.78, 5) is 13.1. The van der Waals surface area contributed by atoms with Gasteiger partial charge in [-0.2, -0.15) is 4.98 Å². The van der Waals surface area contributed by atoms with Crippen molar-refractivity contribution in [3.8, 4) is 11.4 Å². The molecule has 130 valence electrons. The molecule has 24 heavy (non-hydrogen) atoms. The van der Waals surface area contributed by atoms with Crippen LogP contribution >= 0.6 is 0 Å². The summed E-state index contributed by atoms with van der Waals surface area (Å²) < 4.78 is 5.36. The van der Waals surface area contributed by atoms with E-state index in [1.807, 2.05) is 12.1 Å². The van der Waals surface area contributed by atoms with Gasteiger partial charge in [0.1, 0.15) is 0 Å². The van der Waals surface area contributed by atoms with Crippen molar-refractivity contribution in [1.82, 2.24) is 24.9 Å². The molecule has 7 heteroatoms. The highest BCUT2D eigenvalue weighted by atomic mass is 16.5. The second-order valence-corrected chi connectivity index (χ2v) is 6.46. The van der Waals surface area contributed by atoms with Gasteiger partial charge in [0, 0.05) is 31.0 Å². The van der Waals surface area contributed by atoms with Gasteiger partial charge < -0.3 is 14.5 Å². The Kier molecular flexibility index (Phi) is 5.90. The standard InChI is InChI=1S/C17H25N5O2/c1-21(12-14-4-7-22(8-5-14)9-10-23)13-16-19-17(20-24-16)15-3-2-6-18-11-15/h2-3,6,11,14,23H,4-5,7-10,12-13H2,1H3. The van der Waals surface area contributed by atoms with Gasteiger partial charge in [-0.1, -0.05) is 5.16 Å². The minimum Gasteiger partial charge on any atom is -0.395 e. The molecule has 0 bridgehead atoms. The van der Waals surface area contributed by atoms with Crippen molar-refractivity contribution in [1.29, 1.82) is 0 Å². The van der Waals surface area contributed by atoms with Crippen molar-refractivity contribution >= 4 is 0 Å². The lowest BCUT2D eigenvalue weighted by Gasteiger charge is -2.33. The molecule has 1 aliphatic rings. The first-order valence-corrected chi connectivity index (χ1v) is 8.49. The first-order chi connectivity index (χ1) is 11.7. The summed E-state index contributed by atoms with van der Waals surface area (Å²) in [6.45, 7) is 4.87. The van der Waals surface area contributed by atoms with Gasteiger partial charge in [-0.05, 0) is 51.0 Å². The second kappa shape index (κ2) is 8.32. The molecule has 0 aromatic carbocycles. The van der Waals surface area contributed by atoms with Crippen molar-refractivity contribution in [3.05, 3.63) is 30.4 Å². The molecule has 2 aromatic rings. The molecule has 2 aromatic heterocycles. The molecular weight excluding hydrogens is 306 g/mol. The van der Waals surface area contributed by atoms with Crippen LogP contribution in [0.15, 0.2) is 29.0 Å². The van der Waals surface area contributed by atoms with E-state index in [2.05, 4.69) is 32.0 Å². The Morgan fingerprint density at radius 1 is 1.38 bits per heavy atom. The average Bonchev–Trinajstić information content (AvgIpc) is 3.06. The molecule has 3 rings (SSSR count). The molecule has 1 N–H and O–H groups in total. The zero-order valence-electron chi connectivity index (χ0n) is 14.1. The highest BCUT2D eigenvalue weighted by Gasteiger charge is 2.21. The number of pyridine rings is 1. The lowest BCUT2D eigenvalue weighted by molar-refractivity contribution is 0.126. The van der Waals surface area contributed by atoms with Crippen LogP contribution in [0.25, 0.3) is 11.4 Å². The van der Waals surface area contributed by atoms with Crippen LogP contribution in [-0.4, -0.2) is 69.9 Å². The Morgan fingerprint density at radius 3 is 2.92 bits per heavy atom. The van der Waals surface area contributed by atoms with E-state index in [4.69, 9.17) is 9.63 Å². The Morgan fingerprint density at radius 2 is 2.21 bits per heavy atom. The first kappa shape index (κ1) is 17.0. The normalized spacial score (nSPS) is 16.8. The Balaban J connectivity index is 1.47. The molecule has 0 amide bonds. The minimum atomic E-state index is 0.251. The molecule has 1 aliphatic heterocycles. The van der Waals surface area contributed by atoms with E-state index in [1.54, 1.807) is 12.4 Å². The summed E-state index contributed by atoms with van der Waals surface area (Å²) in [6.07, 6.45) is 5.81. The lowest BCUT2D eigenvalue weighted by atomic mass is 9.96. The van der Waals surface area contributed by atoms with E-state index in [0.717, 1.165) is 31.7 Å². The molecule has 3 heterocycles. The van der Waals surface area contributed by atoms with Crippen molar-refractivity contribution in [3.63, 3.8) is 0 Å². The van der Waals surface area contributed by atoms with Gasteiger partial charge in [-0.15, -0.1) is 0 Å². The van der Waals surface area contributed by atoms with E-state index in [-0.39, 0.29) is 6.61 Å². The van der Waals surface area contributed by atoms with Gasteiger partial charge in [-0.25, -0.2) is 0 Å². The molecular formula is C17H25N5O2. The molecule has 0 atom stereocenters. The molecule has 0 spiro atoms. The molecule has 1 fully saturated rings. The fourth-order valence-electron chi connectivity index (χ4n) is 3.20. The molecule has 0 aliphatic carbocycles. The fourth-order valence-corrected chi connectivity index (χ4v) is 3.20. The number of hydrogen-bond donors (Lipinski definition) is 1. The van der Waals surface area contributed by atoms with Crippen LogP contribution in [0.1, 0.15) is 18.7 Å². The van der Waals surface area contributed by atoms with Crippen LogP contribution in [0.2, 0.25) is 0 Å². The van der Waals surface area contributed by atoms with Gasteiger partial charge in [0.05, 0.1) is 13.2 Å². The maximum atomic E-state index is 9.00. The summed E-state index contributed by atoms with van der Waals surface area (Å²) in [5.74, 6) is 1.91. The summed E-state index contributed by atoms with van der Waals surface area (Å²) in [6, 6.07) is 3.78. The van der Waals surface area contributed by atoms with Crippen molar-refractivity contribution in [2.45, 2.75) is 19.4 Å². The second-order valence-electron chi connectivity index (χ2n) is 6.46. The maximum Gasteiger partial charge on any atom is 0.241 e.